The van der Waals surface area contributed by atoms with Gasteiger partial charge < -0.3 is 19.7 Å². The van der Waals surface area contributed by atoms with E-state index in [-0.39, 0.29) is 18.9 Å². The first-order chi connectivity index (χ1) is 16.7. The Labute approximate surface area is 213 Å². The zero-order chi connectivity index (χ0) is 25.5. The molecule has 35 heavy (non-hydrogen) atoms. The van der Waals surface area contributed by atoms with Crippen LogP contribution < -0.4 is 10.2 Å². The van der Waals surface area contributed by atoms with Crippen LogP contribution in [0.1, 0.15) is 47.7 Å². The average Bonchev–Trinajstić information content (AvgIpc) is 3.22. The van der Waals surface area contributed by atoms with Crippen molar-refractivity contribution in [1.82, 2.24) is 0 Å². The maximum Gasteiger partial charge on any atom is 0.338 e. The van der Waals surface area contributed by atoms with Crippen LogP contribution in [0.25, 0.3) is 0 Å². The normalized spacial score (nSPS) is 15.1. The Kier molecular flexibility index (Phi) is 9.03. The molecule has 0 radical (unpaired) electrons. The van der Waals surface area contributed by atoms with Gasteiger partial charge in [0, 0.05) is 28.8 Å². The number of nitrogens with zero attached hydrogens (tertiary/aromatic N) is 1. The van der Waals surface area contributed by atoms with Crippen molar-refractivity contribution < 1.29 is 28.7 Å². The van der Waals surface area contributed by atoms with Crippen molar-refractivity contribution in [3.8, 4) is 0 Å². The first-order valence-electron chi connectivity index (χ1n) is 11.5. The molecule has 3 rings (SSSR count). The molecule has 0 bridgehead atoms. The summed E-state index contributed by atoms with van der Waals surface area (Å²) in [4.78, 5) is 50.8. The summed E-state index contributed by atoms with van der Waals surface area (Å²) in [6.07, 6.45) is 1.73. The van der Waals surface area contributed by atoms with Gasteiger partial charge in [-0.15, -0.1) is 0 Å². The molecule has 0 unspecified atom stereocenters. The number of hydrogen-bond donors (Lipinski definition) is 1. The Morgan fingerprint density at radius 2 is 1.74 bits per heavy atom. The van der Waals surface area contributed by atoms with Gasteiger partial charge in [-0.2, -0.15) is 0 Å². The lowest BCUT2D eigenvalue weighted by molar-refractivity contribution is -0.151. The number of rotatable bonds is 9. The van der Waals surface area contributed by atoms with Crippen LogP contribution in [0.4, 0.5) is 11.4 Å². The Morgan fingerprint density at radius 3 is 2.37 bits per heavy atom. The van der Waals surface area contributed by atoms with Crippen molar-refractivity contribution in [2.75, 3.05) is 30.0 Å². The van der Waals surface area contributed by atoms with Gasteiger partial charge in [-0.3, -0.25) is 14.4 Å². The van der Waals surface area contributed by atoms with E-state index in [2.05, 4.69) is 21.2 Å². The van der Waals surface area contributed by atoms with Gasteiger partial charge in [0.25, 0.3) is 5.91 Å². The smallest absolute Gasteiger partial charge is 0.338 e. The molecular weight excluding hydrogens is 516 g/mol. The van der Waals surface area contributed by atoms with Crippen molar-refractivity contribution in [1.29, 1.82) is 0 Å². The lowest BCUT2D eigenvalue weighted by atomic mass is 10.1. The van der Waals surface area contributed by atoms with Crippen LogP contribution in [0.2, 0.25) is 0 Å². The Morgan fingerprint density at radius 1 is 1.09 bits per heavy atom. The molecule has 0 spiro atoms. The fraction of sp³-hybridized carbons (Fsp3) is 0.385. The standard InChI is InChI=1S/C26H29BrN2O6/c1-4-5-10-34-25(32)18-6-8-21(9-7-18)29-14-19(13-23(29)31)26(33)35-15-22(30)28-20-11-16(2)24(27)17(3)12-20/h6-9,11-12,19H,4-5,10,13-15H2,1-3H3,(H,28,30)/t19-/m1/s1. The third kappa shape index (κ3) is 6.91. The van der Waals surface area contributed by atoms with E-state index in [9.17, 15) is 19.2 Å². The second-order valence-electron chi connectivity index (χ2n) is 8.52. The van der Waals surface area contributed by atoms with Crippen LogP contribution in [-0.4, -0.2) is 43.5 Å². The van der Waals surface area contributed by atoms with Gasteiger partial charge in [-0.05, 0) is 67.8 Å². The van der Waals surface area contributed by atoms with Crippen LogP contribution in [0.15, 0.2) is 40.9 Å². The summed E-state index contributed by atoms with van der Waals surface area (Å²) in [5, 5.41) is 2.72. The van der Waals surface area contributed by atoms with E-state index in [1.807, 2.05) is 32.9 Å². The number of benzene rings is 2. The average molecular weight is 545 g/mol. The van der Waals surface area contributed by atoms with Crippen LogP contribution in [0, 0.1) is 19.8 Å². The minimum atomic E-state index is -0.675. The third-order valence-corrected chi connectivity index (χ3v) is 6.92. The number of carbonyl (C=O) groups excluding carboxylic acids is 4. The molecule has 0 saturated carbocycles. The number of unbranched alkanes of at least 4 members (excludes halogenated alkanes) is 1. The molecule has 1 aliphatic heterocycles. The molecule has 1 fully saturated rings. The fourth-order valence-corrected chi connectivity index (χ4v) is 3.98. The van der Waals surface area contributed by atoms with Crippen LogP contribution in [0.3, 0.4) is 0 Å². The second-order valence-corrected chi connectivity index (χ2v) is 9.31. The largest absolute Gasteiger partial charge is 0.462 e. The molecule has 9 heteroatoms. The van der Waals surface area contributed by atoms with E-state index in [1.54, 1.807) is 24.3 Å². The van der Waals surface area contributed by atoms with Crippen molar-refractivity contribution in [2.45, 2.75) is 40.0 Å². The molecule has 2 aromatic carbocycles. The summed E-state index contributed by atoms with van der Waals surface area (Å²) < 4.78 is 11.3. The van der Waals surface area contributed by atoms with E-state index in [4.69, 9.17) is 9.47 Å². The number of amides is 2. The number of ether oxygens (including phenoxy) is 2. The highest BCUT2D eigenvalue weighted by atomic mass is 79.9. The first-order valence-corrected chi connectivity index (χ1v) is 12.3. The van der Waals surface area contributed by atoms with Crippen molar-refractivity contribution in [3.63, 3.8) is 0 Å². The Bertz CT molecular complexity index is 1090. The van der Waals surface area contributed by atoms with E-state index in [1.165, 1.54) is 4.90 Å². The molecule has 1 saturated heterocycles. The molecule has 0 aliphatic carbocycles. The molecule has 0 aromatic heterocycles. The lowest BCUT2D eigenvalue weighted by Gasteiger charge is -2.17. The van der Waals surface area contributed by atoms with Gasteiger partial charge >= 0.3 is 11.9 Å². The lowest BCUT2D eigenvalue weighted by Crippen LogP contribution is -2.28. The summed E-state index contributed by atoms with van der Waals surface area (Å²) >= 11 is 3.48. The van der Waals surface area contributed by atoms with Crippen LogP contribution in [0.5, 0.6) is 0 Å². The summed E-state index contributed by atoms with van der Waals surface area (Å²) in [6.45, 7) is 5.92. The topological polar surface area (TPSA) is 102 Å². The highest BCUT2D eigenvalue weighted by Crippen LogP contribution is 2.27. The SMILES string of the molecule is CCCCOC(=O)c1ccc(N2C[C@H](C(=O)OCC(=O)Nc3cc(C)c(Br)c(C)c3)CC2=O)cc1. The summed E-state index contributed by atoms with van der Waals surface area (Å²) in [5.74, 6) is -2.37. The zero-order valence-electron chi connectivity index (χ0n) is 20.1. The van der Waals surface area contributed by atoms with Crippen molar-refractivity contribution in [3.05, 3.63) is 57.6 Å². The number of hydrogen-bond acceptors (Lipinski definition) is 6. The molecule has 2 amide bonds. The minimum Gasteiger partial charge on any atom is -0.462 e. The van der Waals surface area contributed by atoms with Gasteiger partial charge in [0.15, 0.2) is 6.61 Å². The third-order valence-electron chi connectivity index (χ3n) is 5.67. The van der Waals surface area contributed by atoms with E-state index in [0.717, 1.165) is 28.4 Å². The van der Waals surface area contributed by atoms with Gasteiger partial charge in [0.05, 0.1) is 18.1 Å². The van der Waals surface area contributed by atoms with Crippen LogP contribution in [-0.2, 0) is 23.9 Å². The number of nitrogens with one attached hydrogen (secondary N) is 1. The van der Waals surface area contributed by atoms with Crippen molar-refractivity contribution in [2.24, 2.45) is 5.92 Å². The molecule has 1 heterocycles. The van der Waals surface area contributed by atoms with Crippen molar-refractivity contribution >= 4 is 51.1 Å². The molecule has 186 valence electrons. The molecule has 1 N–H and O–H groups in total. The number of anilines is 2. The number of halogens is 1. The maximum absolute atomic E-state index is 12.5. The second kappa shape index (κ2) is 12.0. The van der Waals surface area contributed by atoms with Gasteiger partial charge in [0.2, 0.25) is 5.91 Å². The molecule has 1 aliphatic rings. The quantitative estimate of drug-likeness (QED) is 0.366. The predicted molar refractivity (Wildman–Crippen MR) is 135 cm³/mol. The Hall–Kier alpha value is -3.20. The fourth-order valence-electron chi connectivity index (χ4n) is 3.75. The Balaban J connectivity index is 1.51. The van der Waals surface area contributed by atoms with Gasteiger partial charge in [0.1, 0.15) is 0 Å². The number of esters is 2. The van der Waals surface area contributed by atoms with Crippen LogP contribution >= 0.6 is 15.9 Å². The van der Waals surface area contributed by atoms with Gasteiger partial charge in [-0.1, -0.05) is 29.3 Å². The predicted octanol–water partition coefficient (Wildman–Crippen LogP) is 4.56. The zero-order valence-corrected chi connectivity index (χ0v) is 21.6. The van der Waals surface area contributed by atoms with Gasteiger partial charge in [-0.25, -0.2) is 4.79 Å². The number of aryl methyl sites for hydroxylation is 2. The monoisotopic (exact) mass is 544 g/mol. The molecule has 8 nitrogen and oxygen atoms in total. The highest BCUT2D eigenvalue weighted by Gasteiger charge is 2.36. The van der Waals surface area contributed by atoms with E-state index >= 15 is 0 Å². The molecular formula is C26H29BrN2O6. The summed E-state index contributed by atoms with van der Waals surface area (Å²) in [5.41, 5.74) is 3.54. The van der Waals surface area contributed by atoms with E-state index < -0.39 is 30.4 Å². The minimum absolute atomic E-state index is 0.00757. The molecule has 2 aromatic rings. The summed E-state index contributed by atoms with van der Waals surface area (Å²) in [7, 11) is 0. The molecule has 1 atom stereocenters. The first kappa shape index (κ1) is 26.4. The maximum atomic E-state index is 12.5. The van der Waals surface area contributed by atoms with E-state index in [0.29, 0.717) is 23.5 Å². The summed E-state index contributed by atoms with van der Waals surface area (Å²) in [6, 6.07) is 10.1. The highest BCUT2D eigenvalue weighted by molar-refractivity contribution is 9.10. The number of carbonyl (C=O) groups is 4.